The molecule has 0 amide bonds. The maximum atomic E-state index is 13.2. The fourth-order valence-corrected chi connectivity index (χ4v) is 4.65. The van der Waals surface area contributed by atoms with E-state index in [4.69, 9.17) is 4.74 Å². The second-order valence-corrected chi connectivity index (χ2v) is 8.00. The van der Waals surface area contributed by atoms with Crippen molar-refractivity contribution in [1.29, 1.82) is 0 Å². The summed E-state index contributed by atoms with van der Waals surface area (Å²) in [5.74, 6) is 5.50. The van der Waals surface area contributed by atoms with Crippen molar-refractivity contribution in [2.75, 3.05) is 0 Å². The van der Waals surface area contributed by atoms with Crippen LogP contribution in [-0.2, 0) is 9.53 Å². The highest BCUT2D eigenvalue weighted by Crippen LogP contribution is 2.64. The van der Waals surface area contributed by atoms with E-state index in [0.717, 1.165) is 18.4 Å². The van der Waals surface area contributed by atoms with Crippen molar-refractivity contribution in [3.8, 4) is 17.6 Å². The lowest BCUT2D eigenvalue weighted by molar-refractivity contribution is -0.135. The summed E-state index contributed by atoms with van der Waals surface area (Å²) in [6.07, 6.45) is 0.683. The standard InChI is InChI=1S/C24H22O4/c1-23(14-12-16-8-4-3-5-9-16)18-13-15-24(23,2)21(26)20(18)28-22(27)17-10-6-7-11-19(17)25/h3-11,18,20,25H,13,15H2,1-2H3. The van der Waals surface area contributed by atoms with Gasteiger partial charge in [0.05, 0.1) is 0 Å². The monoisotopic (exact) mass is 374 g/mol. The van der Waals surface area contributed by atoms with Gasteiger partial charge in [0.15, 0.2) is 11.9 Å². The Balaban J connectivity index is 1.64. The highest BCUT2D eigenvalue weighted by atomic mass is 16.5. The zero-order chi connectivity index (χ0) is 19.9. The molecule has 2 saturated carbocycles. The van der Waals surface area contributed by atoms with Crippen LogP contribution < -0.4 is 0 Å². The number of carbonyl (C=O) groups is 2. The average Bonchev–Trinajstić information content (AvgIpc) is 3.04. The summed E-state index contributed by atoms with van der Waals surface area (Å²) in [7, 11) is 0. The van der Waals surface area contributed by atoms with Crippen molar-refractivity contribution in [3.63, 3.8) is 0 Å². The number of esters is 1. The van der Waals surface area contributed by atoms with E-state index in [-0.39, 0.29) is 23.0 Å². The molecule has 2 aromatic rings. The molecule has 0 aromatic heterocycles. The van der Waals surface area contributed by atoms with Gasteiger partial charge >= 0.3 is 5.97 Å². The van der Waals surface area contributed by atoms with Crippen LogP contribution in [0.1, 0.15) is 42.6 Å². The average molecular weight is 374 g/mol. The van der Waals surface area contributed by atoms with E-state index in [1.165, 1.54) is 12.1 Å². The van der Waals surface area contributed by atoms with Crippen LogP contribution in [0.25, 0.3) is 0 Å². The van der Waals surface area contributed by atoms with Gasteiger partial charge in [-0.3, -0.25) is 4.79 Å². The molecular formula is C24H22O4. The van der Waals surface area contributed by atoms with Crippen LogP contribution in [-0.4, -0.2) is 23.0 Å². The number of ketones is 1. The Labute approximate surface area is 164 Å². The van der Waals surface area contributed by atoms with Crippen LogP contribution in [0.5, 0.6) is 5.75 Å². The molecule has 4 heteroatoms. The third-order valence-corrected chi connectivity index (χ3v) is 6.61. The van der Waals surface area contributed by atoms with Gasteiger partial charge in [-0.15, -0.1) is 0 Å². The quantitative estimate of drug-likeness (QED) is 0.638. The number of Topliss-reactive ketones (excluding diaryl/α,β-unsaturated/α-hetero) is 1. The van der Waals surface area contributed by atoms with E-state index in [0.29, 0.717) is 0 Å². The van der Waals surface area contributed by atoms with Crippen LogP contribution in [0.2, 0.25) is 0 Å². The minimum absolute atomic E-state index is 0.0697. The molecule has 4 nitrogen and oxygen atoms in total. The van der Waals surface area contributed by atoms with Gasteiger partial charge in [0, 0.05) is 22.3 Å². The predicted octanol–water partition coefficient (Wildman–Crippen LogP) is 3.97. The van der Waals surface area contributed by atoms with Crippen LogP contribution >= 0.6 is 0 Å². The van der Waals surface area contributed by atoms with Crippen molar-refractivity contribution < 1.29 is 19.4 Å². The highest BCUT2D eigenvalue weighted by molar-refractivity contribution is 5.99. The Morgan fingerprint density at radius 1 is 1.11 bits per heavy atom. The molecular weight excluding hydrogens is 352 g/mol. The van der Waals surface area contributed by atoms with Crippen molar-refractivity contribution in [2.24, 2.45) is 16.7 Å². The summed E-state index contributed by atoms with van der Waals surface area (Å²) >= 11 is 0. The normalized spacial score (nSPS) is 30.6. The first-order valence-corrected chi connectivity index (χ1v) is 9.48. The Bertz CT molecular complexity index is 1000. The maximum absolute atomic E-state index is 13.2. The van der Waals surface area contributed by atoms with Gasteiger partial charge in [0.1, 0.15) is 11.3 Å². The van der Waals surface area contributed by atoms with E-state index < -0.39 is 22.9 Å². The molecule has 142 valence electrons. The van der Waals surface area contributed by atoms with E-state index in [1.807, 2.05) is 44.2 Å². The first-order valence-electron chi connectivity index (χ1n) is 9.48. The number of ether oxygens (including phenoxy) is 1. The number of aromatic hydroxyl groups is 1. The molecule has 0 radical (unpaired) electrons. The number of carbonyl (C=O) groups excluding carboxylic acids is 2. The SMILES string of the molecule is CC12CCC(C(OC(=O)c3ccccc3O)C1=O)C2(C)C#Cc1ccccc1. The van der Waals surface area contributed by atoms with E-state index in [2.05, 4.69) is 11.8 Å². The molecule has 0 saturated heterocycles. The Morgan fingerprint density at radius 2 is 1.79 bits per heavy atom. The Morgan fingerprint density at radius 3 is 2.50 bits per heavy atom. The molecule has 4 atom stereocenters. The van der Waals surface area contributed by atoms with Crippen molar-refractivity contribution in [2.45, 2.75) is 32.8 Å². The number of hydrogen-bond donors (Lipinski definition) is 1. The molecule has 1 N–H and O–H groups in total. The lowest BCUT2D eigenvalue weighted by atomic mass is 9.69. The molecule has 2 aromatic carbocycles. The number of para-hydroxylation sites is 1. The number of hydrogen-bond acceptors (Lipinski definition) is 4. The van der Waals surface area contributed by atoms with Gasteiger partial charge in [-0.25, -0.2) is 4.79 Å². The molecule has 28 heavy (non-hydrogen) atoms. The summed E-state index contributed by atoms with van der Waals surface area (Å²) < 4.78 is 5.62. The summed E-state index contributed by atoms with van der Waals surface area (Å²) in [4.78, 5) is 25.7. The number of phenolic OH excluding ortho intramolecular Hbond substituents is 1. The molecule has 2 bridgehead atoms. The molecule has 0 spiro atoms. The minimum Gasteiger partial charge on any atom is -0.507 e. The second kappa shape index (κ2) is 6.53. The molecule has 2 fully saturated rings. The Hall–Kier alpha value is -3.06. The number of benzene rings is 2. The summed E-state index contributed by atoms with van der Waals surface area (Å²) in [6, 6.07) is 15.9. The maximum Gasteiger partial charge on any atom is 0.342 e. The largest absolute Gasteiger partial charge is 0.507 e. The molecule has 0 heterocycles. The second-order valence-electron chi connectivity index (χ2n) is 8.00. The van der Waals surface area contributed by atoms with Crippen LogP contribution in [0.3, 0.4) is 0 Å². The summed E-state index contributed by atoms with van der Waals surface area (Å²) in [5, 5.41) is 9.91. The van der Waals surface area contributed by atoms with E-state index >= 15 is 0 Å². The third-order valence-electron chi connectivity index (χ3n) is 6.61. The van der Waals surface area contributed by atoms with Crippen molar-refractivity contribution in [1.82, 2.24) is 0 Å². The molecule has 4 unspecified atom stereocenters. The van der Waals surface area contributed by atoms with Gasteiger partial charge in [-0.05, 0) is 44.0 Å². The fraction of sp³-hybridized carbons (Fsp3) is 0.333. The summed E-state index contributed by atoms with van der Waals surface area (Å²) in [6.45, 7) is 3.94. The molecule has 2 aliphatic rings. The summed E-state index contributed by atoms with van der Waals surface area (Å²) in [5.41, 5.74) is -0.249. The Kier molecular flexibility index (Phi) is 4.27. The van der Waals surface area contributed by atoms with Gasteiger partial charge in [0.2, 0.25) is 0 Å². The zero-order valence-corrected chi connectivity index (χ0v) is 15.9. The lowest BCUT2D eigenvalue weighted by Gasteiger charge is -2.30. The highest BCUT2D eigenvalue weighted by Gasteiger charge is 2.69. The van der Waals surface area contributed by atoms with E-state index in [9.17, 15) is 14.7 Å². The number of rotatable bonds is 2. The molecule has 0 aliphatic heterocycles. The predicted molar refractivity (Wildman–Crippen MR) is 105 cm³/mol. The van der Waals surface area contributed by atoms with Crippen LogP contribution in [0.15, 0.2) is 54.6 Å². The topological polar surface area (TPSA) is 63.6 Å². The first-order chi connectivity index (χ1) is 13.4. The fourth-order valence-electron chi connectivity index (χ4n) is 4.65. The third kappa shape index (κ3) is 2.62. The van der Waals surface area contributed by atoms with Crippen molar-refractivity contribution in [3.05, 3.63) is 65.7 Å². The minimum atomic E-state index is -0.832. The van der Waals surface area contributed by atoms with E-state index in [1.54, 1.807) is 12.1 Å². The molecule has 2 aliphatic carbocycles. The van der Waals surface area contributed by atoms with Crippen molar-refractivity contribution >= 4 is 11.8 Å². The number of fused-ring (bicyclic) bond motifs is 2. The smallest absolute Gasteiger partial charge is 0.342 e. The lowest BCUT2D eigenvalue weighted by Crippen LogP contribution is -2.37. The van der Waals surface area contributed by atoms with Crippen LogP contribution in [0.4, 0.5) is 0 Å². The number of phenols is 1. The zero-order valence-electron chi connectivity index (χ0n) is 15.9. The van der Waals surface area contributed by atoms with Crippen LogP contribution in [0, 0.1) is 28.6 Å². The first kappa shape index (κ1) is 18.3. The van der Waals surface area contributed by atoms with Gasteiger partial charge in [0.25, 0.3) is 0 Å². The molecule has 4 rings (SSSR count). The van der Waals surface area contributed by atoms with Gasteiger partial charge < -0.3 is 9.84 Å². The van der Waals surface area contributed by atoms with Gasteiger partial charge in [-0.2, -0.15) is 0 Å². The van der Waals surface area contributed by atoms with Gasteiger partial charge in [-0.1, -0.05) is 49.1 Å².